The van der Waals surface area contributed by atoms with Crippen LogP contribution in [0, 0.1) is 23.7 Å². The zero-order valence-electron chi connectivity index (χ0n) is 16.3. The van der Waals surface area contributed by atoms with Gasteiger partial charge in [-0.3, -0.25) is 0 Å². The predicted molar refractivity (Wildman–Crippen MR) is 97.5 cm³/mol. The molecule has 0 heterocycles. The van der Waals surface area contributed by atoms with Crippen molar-refractivity contribution in [3.8, 4) is 0 Å². The monoisotopic (exact) mass is 340 g/mol. The van der Waals surface area contributed by atoms with Crippen molar-refractivity contribution in [3.05, 3.63) is 12.2 Å². The van der Waals surface area contributed by atoms with Crippen LogP contribution < -0.4 is 0 Å². The van der Waals surface area contributed by atoms with Crippen LogP contribution in [0.4, 0.5) is 0 Å². The summed E-state index contributed by atoms with van der Waals surface area (Å²) < 4.78 is 10.4. The van der Waals surface area contributed by atoms with Gasteiger partial charge < -0.3 is 9.47 Å². The molecule has 24 heavy (non-hydrogen) atoms. The van der Waals surface area contributed by atoms with Crippen molar-refractivity contribution in [3.63, 3.8) is 0 Å². The topological polar surface area (TPSA) is 52.6 Å². The molecule has 0 N–H and O–H groups in total. The summed E-state index contributed by atoms with van der Waals surface area (Å²) in [4.78, 5) is 23.4. The van der Waals surface area contributed by atoms with E-state index in [1.54, 1.807) is 0 Å². The SMILES string of the molecule is CCC(COC(=O)/C=C\C(=O)OCC(CC)CC(C)C)CC(C)C. The summed E-state index contributed by atoms with van der Waals surface area (Å²) in [7, 11) is 0. The van der Waals surface area contributed by atoms with Gasteiger partial charge in [-0.15, -0.1) is 0 Å². The van der Waals surface area contributed by atoms with Crippen LogP contribution in [-0.4, -0.2) is 25.2 Å². The average molecular weight is 341 g/mol. The van der Waals surface area contributed by atoms with E-state index in [2.05, 4.69) is 41.5 Å². The minimum atomic E-state index is -0.483. The summed E-state index contributed by atoms with van der Waals surface area (Å²) in [5.74, 6) is 0.936. The molecule has 0 aliphatic carbocycles. The van der Waals surface area contributed by atoms with E-state index in [-0.39, 0.29) is 0 Å². The molecule has 0 aliphatic heterocycles. The minimum absolute atomic E-state index is 0.371. The lowest BCUT2D eigenvalue weighted by atomic mass is 9.96. The van der Waals surface area contributed by atoms with Crippen molar-refractivity contribution in [1.29, 1.82) is 0 Å². The smallest absolute Gasteiger partial charge is 0.331 e. The molecule has 0 aromatic carbocycles. The van der Waals surface area contributed by atoms with E-state index in [1.165, 1.54) is 0 Å². The second kappa shape index (κ2) is 13.0. The molecule has 0 aromatic rings. The number of esters is 2. The molecule has 0 saturated heterocycles. The Morgan fingerprint density at radius 1 is 0.750 bits per heavy atom. The maximum atomic E-state index is 11.7. The fourth-order valence-electron chi connectivity index (χ4n) is 2.67. The van der Waals surface area contributed by atoms with Crippen molar-refractivity contribution < 1.29 is 19.1 Å². The van der Waals surface area contributed by atoms with Gasteiger partial charge in [0.15, 0.2) is 0 Å². The second-order valence-corrected chi connectivity index (χ2v) is 7.40. The molecule has 0 fully saturated rings. The molecule has 0 aromatic heterocycles. The molecule has 0 amide bonds. The highest BCUT2D eigenvalue weighted by molar-refractivity contribution is 5.91. The van der Waals surface area contributed by atoms with E-state index < -0.39 is 11.9 Å². The van der Waals surface area contributed by atoms with Gasteiger partial charge in [-0.2, -0.15) is 0 Å². The van der Waals surface area contributed by atoms with Crippen LogP contribution >= 0.6 is 0 Å². The van der Waals surface area contributed by atoms with E-state index >= 15 is 0 Å². The van der Waals surface area contributed by atoms with E-state index in [0.29, 0.717) is 36.9 Å². The van der Waals surface area contributed by atoms with E-state index in [4.69, 9.17) is 9.47 Å². The Labute approximate surface area is 148 Å². The highest BCUT2D eigenvalue weighted by atomic mass is 16.5. The molecule has 2 atom stereocenters. The maximum absolute atomic E-state index is 11.7. The molecule has 4 heteroatoms. The molecule has 0 radical (unpaired) electrons. The highest BCUT2D eigenvalue weighted by Gasteiger charge is 2.12. The van der Waals surface area contributed by atoms with Gasteiger partial charge in [0, 0.05) is 12.2 Å². The van der Waals surface area contributed by atoms with E-state index in [1.807, 2.05) is 0 Å². The fourth-order valence-corrected chi connectivity index (χ4v) is 2.67. The molecule has 0 rings (SSSR count). The molecule has 2 unspecified atom stereocenters. The zero-order chi connectivity index (χ0) is 18.5. The quantitative estimate of drug-likeness (QED) is 0.379. The first-order valence-corrected chi connectivity index (χ1v) is 9.29. The number of hydrogen-bond acceptors (Lipinski definition) is 4. The van der Waals surface area contributed by atoms with Gasteiger partial charge in [-0.1, -0.05) is 54.4 Å². The van der Waals surface area contributed by atoms with Crippen molar-refractivity contribution >= 4 is 11.9 Å². The summed E-state index contributed by atoms with van der Waals surface area (Å²) >= 11 is 0. The van der Waals surface area contributed by atoms with Crippen LogP contribution in [0.2, 0.25) is 0 Å². The standard InChI is InChI=1S/C20H36O4/c1-7-17(11-15(3)4)13-23-19(21)9-10-20(22)24-14-18(8-2)12-16(5)6/h9-10,15-18H,7-8,11-14H2,1-6H3/b10-9-. The van der Waals surface area contributed by atoms with Gasteiger partial charge in [0.1, 0.15) is 0 Å². The molecule has 0 bridgehead atoms. The average Bonchev–Trinajstić information content (AvgIpc) is 2.52. The molecular weight excluding hydrogens is 304 g/mol. The van der Waals surface area contributed by atoms with Gasteiger partial charge in [-0.05, 0) is 36.5 Å². The van der Waals surface area contributed by atoms with Gasteiger partial charge >= 0.3 is 11.9 Å². The van der Waals surface area contributed by atoms with Gasteiger partial charge in [0.25, 0.3) is 0 Å². The third-order valence-electron chi connectivity index (χ3n) is 4.04. The Morgan fingerprint density at radius 3 is 1.33 bits per heavy atom. The Hall–Kier alpha value is -1.32. The highest BCUT2D eigenvalue weighted by Crippen LogP contribution is 2.16. The Bertz CT molecular complexity index is 349. The van der Waals surface area contributed by atoms with Crippen LogP contribution in [0.5, 0.6) is 0 Å². The van der Waals surface area contributed by atoms with Gasteiger partial charge in [0.2, 0.25) is 0 Å². The molecule has 0 spiro atoms. The lowest BCUT2D eigenvalue weighted by molar-refractivity contribution is -0.142. The largest absolute Gasteiger partial charge is 0.462 e. The first kappa shape index (κ1) is 22.7. The second-order valence-electron chi connectivity index (χ2n) is 7.40. The van der Waals surface area contributed by atoms with Gasteiger partial charge in [0.05, 0.1) is 13.2 Å². The molecular formula is C20H36O4. The number of rotatable bonds is 12. The van der Waals surface area contributed by atoms with Gasteiger partial charge in [-0.25, -0.2) is 9.59 Å². The summed E-state index contributed by atoms with van der Waals surface area (Å²) in [5.41, 5.74) is 0. The van der Waals surface area contributed by atoms with Crippen molar-refractivity contribution in [1.82, 2.24) is 0 Å². The number of carbonyl (C=O) groups is 2. The van der Waals surface area contributed by atoms with Crippen LogP contribution in [0.25, 0.3) is 0 Å². The minimum Gasteiger partial charge on any atom is -0.462 e. The third-order valence-corrected chi connectivity index (χ3v) is 4.04. The summed E-state index contributed by atoms with van der Waals surface area (Å²) in [5, 5.41) is 0. The predicted octanol–water partition coefficient (Wildman–Crippen LogP) is 4.77. The van der Waals surface area contributed by atoms with Crippen LogP contribution in [0.15, 0.2) is 12.2 Å². The first-order chi connectivity index (χ1) is 11.3. The van der Waals surface area contributed by atoms with E-state index in [9.17, 15) is 9.59 Å². The third kappa shape index (κ3) is 12.1. The first-order valence-electron chi connectivity index (χ1n) is 9.29. The van der Waals surface area contributed by atoms with Crippen molar-refractivity contribution in [2.45, 2.75) is 67.2 Å². The van der Waals surface area contributed by atoms with Crippen LogP contribution in [0.1, 0.15) is 67.2 Å². The number of ether oxygens (including phenoxy) is 2. The van der Waals surface area contributed by atoms with Crippen molar-refractivity contribution in [2.75, 3.05) is 13.2 Å². The van der Waals surface area contributed by atoms with Crippen LogP contribution in [0.3, 0.4) is 0 Å². The summed E-state index contributed by atoms with van der Waals surface area (Å²) in [6, 6.07) is 0. The normalized spacial score (nSPS) is 14.2. The summed E-state index contributed by atoms with van der Waals surface area (Å²) in [6.07, 6.45) is 6.34. The zero-order valence-corrected chi connectivity index (χ0v) is 16.3. The Balaban J connectivity index is 4.13. The lowest BCUT2D eigenvalue weighted by Gasteiger charge is -2.16. The van der Waals surface area contributed by atoms with Crippen LogP contribution in [-0.2, 0) is 19.1 Å². The molecule has 4 nitrogen and oxygen atoms in total. The molecule has 0 aliphatic rings. The lowest BCUT2D eigenvalue weighted by Crippen LogP contribution is -2.16. The Morgan fingerprint density at radius 2 is 1.08 bits per heavy atom. The number of hydrogen-bond donors (Lipinski definition) is 0. The molecule has 0 saturated carbocycles. The molecule has 140 valence electrons. The Kier molecular flexibility index (Phi) is 12.3. The summed E-state index contributed by atoms with van der Waals surface area (Å²) in [6.45, 7) is 13.6. The van der Waals surface area contributed by atoms with Crippen molar-refractivity contribution in [2.24, 2.45) is 23.7 Å². The fraction of sp³-hybridized carbons (Fsp3) is 0.800. The number of carbonyl (C=O) groups excluding carboxylic acids is 2. The van der Waals surface area contributed by atoms with E-state index in [0.717, 1.165) is 37.8 Å². The maximum Gasteiger partial charge on any atom is 0.331 e.